The average Bonchev–Trinajstić information content (AvgIpc) is 3.42. The number of ether oxygens (including phenoxy) is 2. The number of amides is 2. The fourth-order valence-corrected chi connectivity index (χ4v) is 3.12. The van der Waals surface area contributed by atoms with Crippen molar-refractivity contribution in [2.75, 3.05) is 26.1 Å². The second-order valence-corrected chi connectivity index (χ2v) is 6.55. The van der Waals surface area contributed by atoms with Gasteiger partial charge in [0, 0.05) is 18.0 Å². The van der Waals surface area contributed by atoms with E-state index in [1.807, 2.05) is 18.2 Å². The molecule has 2 amide bonds. The van der Waals surface area contributed by atoms with Gasteiger partial charge in [-0.3, -0.25) is 0 Å². The third kappa shape index (κ3) is 3.82. The highest BCUT2D eigenvalue weighted by molar-refractivity contribution is 6.32. The third-order valence-electron chi connectivity index (χ3n) is 4.55. The number of hydrogen-bond acceptors (Lipinski definition) is 3. The summed E-state index contributed by atoms with van der Waals surface area (Å²) in [6.07, 6.45) is 2.16. The maximum Gasteiger partial charge on any atom is 0.319 e. The zero-order valence-corrected chi connectivity index (χ0v) is 15.0. The molecular formula is C19H21ClN2O3. The van der Waals surface area contributed by atoms with Crippen LogP contribution in [0, 0.1) is 0 Å². The summed E-state index contributed by atoms with van der Waals surface area (Å²) in [6, 6.07) is 13.2. The summed E-state index contributed by atoms with van der Waals surface area (Å²) in [5.41, 5.74) is 1.82. The first-order valence-electron chi connectivity index (χ1n) is 8.10. The highest BCUT2D eigenvalue weighted by atomic mass is 35.5. The SMILES string of the molecule is COc1cc(OC)c(NC(=O)NCC2(c3ccccc3)CC2)cc1Cl. The summed E-state index contributed by atoms with van der Waals surface area (Å²) in [4.78, 5) is 12.3. The number of urea groups is 1. The highest BCUT2D eigenvalue weighted by Crippen LogP contribution is 2.47. The number of nitrogens with one attached hydrogen (secondary N) is 2. The molecule has 5 nitrogen and oxygen atoms in total. The first-order chi connectivity index (χ1) is 12.1. The summed E-state index contributed by atoms with van der Waals surface area (Å²) >= 11 is 6.13. The quantitative estimate of drug-likeness (QED) is 0.811. The van der Waals surface area contributed by atoms with Gasteiger partial charge in [-0.25, -0.2) is 4.79 Å². The number of carbonyl (C=O) groups excluding carboxylic acids is 1. The zero-order chi connectivity index (χ0) is 17.9. The first kappa shape index (κ1) is 17.4. The molecular weight excluding hydrogens is 340 g/mol. The van der Waals surface area contributed by atoms with Crippen LogP contribution >= 0.6 is 11.6 Å². The molecule has 0 aliphatic heterocycles. The van der Waals surface area contributed by atoms with Crippen molar-refractivity contribution in [2.24, 2.45) is 0 Å². The molecule has 6 heteroatoms. The van der Waals surface area contributed by atoms with Crippen LogP contribution in [-0.2, 0) is 5.41 Å². The van der Waals surface area contributed by atoms with E-state index in [1.165, 1.54) is 19.8 Å². The topological polar surface area (TPSA) is 59.6 Å². The Morgan fingerprint density at radius 3 is 2.40 bits per heavy atom. The lowest BCUT2D eigenvalue weighted by molar-refractivity contribution is 0.251. The Kier molecular flexibility index (Phi) is 5.04. The van der Waals surface area contributed by atoms with Crippen molar-refractivity contribution in [3.8, 4) is 11.5 Å². The van der Waals surface area contributed by atoms with Crippen LogP contribution in [0.5, 0.6) is 11.5 Å². The van der Waals surface area contributed by atoms with Crippen molar-refractivity contribution < 1.29 is 14.3 Å². The molecule has 0 atom stereocenters. The Morgan fingerprint density at radius 1 is 1.12 bits per heavy atom. The molecule has 1 saturated carbocycles. The molecule has 132 valence electrons. The van der Waals surface area contributed by atoms with Crippen LogP contribution in [0.1, 0.15) is 18.4 Å². The minimum Gasteiger partial charge on any atom is -0.495 e. The Morgan fingerprint density at radius 2 is 1.80 bits per heavy atom. The molecule has 2 aromatic rings. The second-order valence-electron chi connectivity index (χ2n) is 6.14. The van der Waals surface area contributed by atoms with Crippen molar-refractivity contribution in [1.82, 2.24) is 5.32 Å². The Bertz CT molecular complexity index is 761. The van der Waals surface area contributed by atoms with Crippen molar-refractivity contribution in [1.29, 1.82) is 0 Å². The minimum absolute atomic E-state index is 0.0558. The summed E-state index contributed by atoms with van der Waals surface area (Å²) in [7, 11) is 3.06. The maximum absolute atomic E-state index is 12.3. The van der Waals surface area contributed by atoms with Crippen LogP contribution in [0.15, 0.2) is 42.5 Å². The third-order valence-corrected chi connectivity index (χ3v) is 4.84. The summed E-state index contributed by atoms with van der Waals surface area (Å²) in [5.74, 6) is 0.978. The van der Waals surface area contributed by atoms with Crippen LogP contribution in [0.2, 0.25) is 5.02 Å². The van der Waals surface area contributed by atoms with E-state index in [0.29, 0.717) is 28.8 Å². The fourth-order valence-electron chi connectivity index (χ4n) is 2.88. The number of anilines is 1. The van der Waals surface area contributed by atoms with Gasteiger partial charge >= 0.3 is 6.03 Å². The molecule has 1 aliphatic rings. The predicted molar refractivity (Wildman–Crippen MR) is 98.9 cm³/mol. The molecule has 0 heterocycles. The molecule has 0 unspecified atom stereocenters. The molecule has 0 radical (unpaired) electrons. The second kappa shape index (κ2) is 7.23. The van der Waals surface area contributed by atoms with Gasteiger partial charge in [-0.05, 0) is 24.5 Å². The molecule has 0 aromatic heterocycles. The largest absolute Gasteiger partial charge is 0.495 e. The van der Waals surface area contributed by atoms with Gasteiger partial charge in [0.1, 0.15) is 11.5 Å². The lowest BCUT2D eigenvalue weighted by Gasteiger charge is -2.18. The van der Waals surface area contributed by atoms with Crippen LogP contribution < -0.4 is 20.1 Å². The van der Waals surface area contributed by atoms with E-state index < -0.39 is 0 Å². The summed E-state index contributed by atoms with van der Waals surface area (Å²) in [5, 5.41) is 6.15. The van der Waals surface area contributed by atoms with Crippen LogP contribution in [0.4, 0.5) is 10.5 Å². The van der Waals surface area contributed by atoms with E-state index in [0.717, 1.165) is 12.8 Å². The van der Waals surface area contributed by atoms with Gasteiger partial charge in [-0.1, -0.05) is 41.9 Å². The number of methoxy groups -OCH3 is 2. The van der Waals surface area contributed by atoms with E-state index in [-0.39, 0.29) is 11.4 Å². The minimum atomic E-state index is -0.290. The van der Waals surface area contributed by atoms with Gasteiger partial charge in [-0.2, -0.15) is 0 Å². The Labute approximate surface area is 152 Å². The summed E-state index contributed by atoms with van der Waals surface area (Å²) in [6.45, 7) is 0.592. The molecule has 2 N–H and O–H groups in total. The standard InChI is InChI=1S/C19H21ClN2O3/c1-24-16-11-17(25-2)15(10-14(16)20)22-18(23)21-12-19(8-9-19)13-6-4-3-5-7-13/h3-7,10-11H,8-9,12H2,1-2H3,(H2,21,22,23). The number of rotatable bonds is 6. The van der Waals surface area contributed by atoms with Gasteiger partial charge in [0.2, 0.25) is 0 Å². The fraction of sp³-hybridized carbons (Fsp3) is 0.316. The van der Waals surface area contributed by atoms with E-state index in [9.17, 15) is 4.79 Å². The monoisotopic (exact) mass is 360 g/mol. The van der Waals surface area contributed by atoms with Gasteiger partial charge in [0.05, 0.1) is 24.9 Å². The zero-order valence-electron chi connectivity index (χ0n) is 14.3. The van der Waals surface area contributed by atoms with Crippen molar-refractivity contribution in [3.05, 3.63) is 53.1 Å². The Hall–Kier alpha value is -2.40. The number of hydrogen-bond donors (Lipinski definition) is 2. The number of carbonyl (C=O) groups is 1. The van der Waals surface area contributed by atoms with Gasteiger partial charge in [-0.15, -0.1) is 0 Å². The highest BCUT2D eigenvalue weighted by Gasteiger charge is 2.44. The Balaban J connectivity index is 1.65. The van der Waals surface area contributed by atoms with Gasteiger partial charge in [0.15, 0.2) is 0 Å². The van der Waals surface area contributed by atoms with Crippen LogP contribution in [0.25, 0.3) is 0 Å². The first-order valence-corrected chi connectivity index (χ1v) is 8.48. The molecule has 0 bridgehead atoms. The van der Waals surface area contributed by atoms with E-state index in [4.69, 9.17) is 21.1 Å². The lowest BCUT2D eigenvalue weighted by Crippen LogP contribution is -2.35. The van der Waals surface area contributed by atoms with E-state index >= 15 is 0 Å². The van der Waals surface area contributed by atoms with E-state index in [2.05, 4.69) is 22.8 Å². The smallest absolute Gasteiger partial charge is 0.319 e. The molecule has 1 fully saturated rings. The molecule has 0 spiro atoms. The molecule has 3 rings (SSSR count). The average molecular weight is 361 g/mol. The van der Waals surface area contributed by atoms with Gasteiger partial charge in [0.25, 0.3) is 0 Å². The van der Waals surface area contributed by atoms with Gasteiger partial charge < -0.3 is 20.1 Å². The normalized spacial score (nSPS) is 14.5. The number of benzene rings is 2. The maximum atomic E-state index is 12.3. The van der Waals surface area contributed by atoms with Crippen molar-refractivity contribution in [2.45, 2.75) is 18.3 Å². The van der Waals surface area contributed by atoms with Crippen LogP contribution in [0.3, 0.4) is 0 Å². The molecule has 25 heavy (non-hydrogen) atoms. The molecule has 2 aromatic carbocycles. The van der Waals surface area contributed by atoms with Crippen LogP contribution in [-0.4, -0.2) is 26.8 Å². The van der Waals surface area contributed by atoms with E-state index in [1.54, 1.807) is 12.1 Å². The summed E-state index contributed by atoms with van der Waals surface area (Å²) < 4.78 is 10.4. The van der Waals surface area contributed by atoms with Crippen molar-refractivity contribution in [3.63, 3.8) is 0 Å². The van der Waals surface area contributed by atoms with Crippen molar-refractivity contribution >= 4 is 23.3 Å². The molecule has 0 saturated heterocycles. The predicted octanol–water partition coefficient (Wildman–Crippen LogP) is 4.21. The number of halogens is 1. The lowest BCUT2D eigenvalue weighted by atomic mass is 9.96. The molecule has 1 aliphatic carbocycles.